The van der Waals surface area contributed by atoms with Crippen LogP contribution in [0, 0.1) is 5.92 Å². The summed E-state index contributed by atoms with van der Waals surface area (Å²) in [6.07, 6.45) is 4.07. The predicted octanol–water partition coefficient (Wildman–Crippen LogP) is 1.38. The molecule has 1 N–H and O–H groups in total. The number of nitrogens with one attached hydrogen (secondary N) is 1. The van der Waals surface area contributed by atoms with E-state index in [2.05, 4.69) is 10.2 Å². The number of carbonyl (C=O) groups is 4. The van der Waals surface area contributed by atoms with Crippen molar-refractivity contribution >= 4 is 29.2 Å². The van der Waals surface area contributed by atoms with Crippen molar-refractivity contribution in [3.63, 3.8) is 0 Å². The lowest BCUT2D eigenvalue weighted by Crippen LogP contribution is -2.45. The van der Waals surface area contributed by atoms with E-state index in [9.17, 15) is 19.2 Å². The Balaban J connectivity index is 1.21. The monoisotopic (exact) mass is 497 g/mol. The van der Waals surface area contributed by atoms with Crippen molar-refractivity contribution in [2.75, 3.05) is 58.3 Å². The molecule has 0 saturated carbocycles. The first-order valence-electron chi connectivity index (χ1n) is 13.1. The van der Waals surface area contributed by atoms with Crippen LogP contribution in [-0.4, -0.2) is 104 Å². The number of nitrogens with zero attached hydrogens (tertiary/aromatic N) is 4. The Kier molecular flexibility index (Phi) is 8.28. The largest absolute Gasteiger partial charge is 0.372 e. The van der Waals surface area contributed by atoms with Gasteiger partial charge in [-0.3, -0.25) is 19.2 Å². The lowest BCUT2D eigenvalue weighted by molar-refractivity contribution is -0.137. The zero-order valence-corrected chi connectivity index (χ0v) is 21.7. The lowest BCUT2D eigenvalue weighted by Gasteiger charge is -2.26. The van der Waals surface area contributed by atoms with Crippen LogP contribution in [0.3, 0.4) is 0 Å². The second-order valence-electron chi connectivity index (χ2n) is 10.7. The van der Waals surface area contributed by atoms with Gasteiger partial charge in [-0.15, -0.1) is 0 Å². The summed E-state index contributed by atoms with van der Waals surface area (Å²) in [7, 11) is 3.65. The molecule has 1 aromatic rings. The third kappa shape index (κ3) is 5.88. The summed E-state index contributed by atoms with van der Waals surface area (Å²) in [5, 5.41) is 2.96. The molecule has 3 heterocycles. The third-order valence-corrected chi connectivity index (χ3v) is 7.56. The van der Waals surface area contributed by atoms with E-state index in [1.807, 2.05) is 45.3 Å². The number of hydrogen-bond donors (Lipinski definition) is 1. The smallest absolute Gasteiger partial charge is 0.251 e. The van der Waals surface area contributed by atoms with Gasteiger partial charge in [-0.05, 0) is 70.0 Å². The van der Waals surface area contributed by atoms with Crippen LogP contribution >= 0.6 is 0 Å². The summed E-state index contributed by atoms with van der Waals surface area (Å²) in [6, 6.07) is 7.02. The second kappa shape index (κ2) is 11.4. The van der Waals surface area contributed by atoms with E-state index in [1.54, 1.807) is 14.7 Å². The fourth-order valence-corrected chi connectivity index (χ4v) is 5.63. The molecule has 0 aromatic heterocycles. The molecule has 3 aliphatic rings. The van der Waals surface area contributed by atoms with Gasteiger partial charge in [0.05, 0.1) is 19.1 Å². The fourth-order valence-electron chi connectivity index (χ4n) is 5.63. The van der Waals surface area contributed by atoms with Crippen LogP contribution in [0.2, 0.25) is 0 Å². The minimum atomic E-state index is -0.515. The zero-order chi connectivity index (χ0) is 25.8. The number of Topliss-reactive ketones (excluding diaryl/α,β-unsaturated/α-hetero) is 1. The Hall–Kier alpha value is -2.94. The zero-order valence-electron chi connectivity index (χ0n) is 21.7. The van der Waals surface area contributed by atoms with E-state index in [-0.39, 0.29) is 48.6 Å². The molecule has 4 rings (SSSR count). The summed E-state index contributed by atoms with van der Waals surface area (Å²) in [5.74, 6) is -0.201. The van der Waals surface area contributed by atoms with Gasteiger partial charge >= 0.3 is 0 Å². The Labute approximate surface area is 213 Å². The average Bonchev–Trinajstić information content (AvgIpc) is 3.57. The summed E-state index contributed by atoms with van der Waals surface area (Å²) >= 11 is 0. The maximum absolute atomic E-state index is 13.0. The highest BCUT2D eigenvalue weighted by Crippen LogP contribution is 2.31. The van der Waals surface area contributed by atoms with Gasteiger partial charge in [0.25, 0.3) is 5.91 Å². The number of anilines is 1. The molecule has 9 heteroatoms. The molecule has 9 nitrogen and oxygen atoms in total. The van der Waals surface area contributed by atoms with Gasteiger partial charge in [0.15, 0.2) is 5.78 Å². The van der Waals surface area contributed by atoms with Crippen LogP contribution in [0.5, 0.6) is 0 Å². The number of likely N-dealkylation sites (tertiary alicyclic amines) is 2. The molecule has 3 atom stereocenters. The predicted molar refractivity (Wildman–Crippen MR) is 138 cm³/mol. The first-order valence-corrected chi connectivity index (χ1v) is 13.1. The molecular formula is C27H39N5O4. The molecule has 3 unspecified atom stereocenters. The van der Waals surface area contributed by atoms with Crippen LogP contribution < -0.4 is 10.2 Å². The summed E-state index contributed by atoms with van der Waals surface area (Å²) in [6.45, 7) is 5.47. The Morgan fingerprint density at radius 3 is 2.39 bits per heavy atom. The molecule has 196 valence electrons. The number of ketones is 1. The Morgan fingerprint density at radius 2 is 1.72 bits per heavy atom. The average molecular weight is 498 g/mol. The van der Waals surface area contributed by atoms with Crippen molar-refractivity contribution in [1.82, 2.24) is 20.0 Å². The van der Waals surface area contributed by atoms with E-state index in [1.165, 1.54) is 12.8 Å². The molecule has 36 heavy (non-hydrogen) atoms. The fraction of sp³-hybridized carbons (Fsp3) is 0.630. The molecule has 0 aliphatic carbocycles. The van der Waals surface area contributed by atoms with Crippen molar-refractivity contribution in [2.45, 2.75) is 51.1 Å². The molecule has 0 radical (unpaired) electrons. The highest BCUT2D eigenvalue weighted by Gasteiger charge is 2.51. The summed E-state index contributed by atoms with van der Waals surface area (Å²) in [4.78, 5) is 58.2. The third-order valence-electron chi connectivity index (χ3n) is 7.56. The first-order chi connectivity index (χ1) is 17.2. The number of amides is 3. The van der Waals surface area contributed by atoms with Crippen LogP contribution in [0.25, 0.3) is 0 Å². The van der Waals surface area contributed by atoms with Crippen molar-refractivity contribution in [1.29, 1.82) is 0 Å². The highest BCUT2D eigenvalue weighted by molar-refractivity contribution is 5.98. The molecule has 0 bridgehead atoms. The molecule has 3 saturated heterocycles. The Bertz CT molecular complexity index is 973. The van der Waals surface area contributed by atoms with E-state index in [4.69, 9.17) is 0 Å². The minimum Gasteiger partial charge on any atom is -0.372 e. The summed E-state index contributed by atoms with van der Waals surface area (Å²) in [5.41, 5.74) is 1.80. The van der Waals surface area contributed by atoms with Crippen LogP contribution in [0.4, 0.5) is 5.69 Å². The first kappa shape index (κ1) is 26.1. The van der Waals surface area contributed by atoms with E-state index >= 15 is 0 Å². The standard InChI is InChI=1S/C27H39N5O4/c1-19(10-12-28-27(36)20-6-8-21(9-7-20)30-13-4-5-14-30)16-24(34)31-15-11-22-26(31)23(33)17-32(22)25(35)18-29(2)3/h6-9,19,22,26H,4-5,10-18H2,1-3H3,(H,28,36). The number of hydrogen-bond acceptors (Lipinski definition) is 6. The van der Waals surface area contributed by atoms with Gasteiger partial charge in [0.2, 0.25) is 11.8 Å². The molecule has 0 spiro atoms. The Morgan fingerprint density at radius 1 is 1.03 bits per heavy atom. The van der Waals surface area contributed by atoms with Gasteiger partial charge in [0.1, 0.15) is 6.04 Å². The molecule has 3 aliphatic heterocycles. The van der Waals surface area contributed by atoms with E-state index < -0.39 is 6.04 Å². The van der Waals surface area contributed by atoms with Crippen molar-refractivity contribution in [3.8, 4) is 0 Å². The van der Waals surface area contributed by atoms with Gasteiger partial charge in [0, 0.05) is 43.9 Å². The topological polar surface area (TPSA) is 93.3 Å². The molecule has 3 fully saturated rings. The van der Waals surface area contributed by atoms with Crippen molar-refractivity contribution in [3.05, 3.63) is 29.8 Å². The van der Waals surface area contributed by atoms with Gasteiger partial charge < -0.3 is 24.9 Å². The molecule has 1 aromatic carbocycles. The van der Waals surface area contributed by atoms with E-state index in [0.29, 0.717) is 37.9 Å². The maximum Gasteiger partial charge on any atom is 0.251 e. The van der Waals surface area contributed by atoms with E-state index in [0.717, 1.165) is 18.8 Å². The normalized spacial score (nSPS) is 22.3. The van der Waals surface area contributed by atoms with Crippen LogP contribution in [0.15, 0.2) is 24.3 Å². The quantitative estimate of drug-likeness (QED) is 0.554. The molecule has 3 amide bonds. The van der Waals surface area contributed by atoms with Gasteiger partial charge in [-0.1, -0.05) is 6.92 Å². The second-order valence-corrected chi connectivity index (χ2v) is 10.7. The summed E-state index contributed by atoms with van der Waals surface area (Å²) < 4.78 is 0. The number of carbonyl (C=O) groups excluding carboxylic acids is 4. The highest BCUT2D eigenvalue weighted by atomic mass is 16.2. The number of likely N-dealkylation sites (N-methyl/N-ethyl adjacent to an activating group) is 1. The van der Waals surface area contributed by atoms with Gasteiger partial charge in [-0.25, -0.2) is 0 Å². The maximum atomic E-state index is 13.0. The minimum absolute atomic E-state index is 0.0471. The number of benzene rings is 1. The van der Waals surface area contributed by atoms with Crippen molar-refractivity contribution < 1.29 is 19.2 Å². The molecular weight excluding hydrogens is 458 g/mol. The van der Waals surface area contributed by atoms with Crippen LogP contribution in [-0.2, 0) is 14.4 Å². The number of fused-ring (bicyclic) bond motifs is 1. The number of rotatable bonds is 9. The van der Waals surface area contributed by atoms with Gasteiger partial charge in [-0.2, -0.15) is 0 Å². The lowest BCUT2D eigenvalue weighted by atomic mass is 10.0. The van der Waals surface area contributed by atoms with Crippen molar-refractivity contribution in [2.24, 2.45) is 5.92 Å². The van der Waals surface area contributed by atoms with Crippen LogP contribution in [0.1, 0.15) is 49.4 Å². The SMILES string of the molecule is CC(CCNC(=O)c1ccc(N2CCCC2)cc1)CC(=O)N1CCC2C1C(=O)CN2C(=O)CN(C)C.